The van der Waals surface area contributed by atoms with E-state index in [4.69, 9.17) is 0 Å². The third-order valence-corrected chi connectivity index (χ3v) is 4.17. The van der Waals surface area contributed by atoms with Gasteiger partial charge in [-0.25, -0.2) is 9.18 Å². The molecule has 9 heteroatoms. The lowest BCUT2D eigenvalue weighted by Gasteiger charge is -2.34. The number of nitrogens with zero attached hydrogens (tertiary/aromatic N) is 1. The summed E-state index contributed by atoms with van der Waals surface area (Å²) < 4.78 is 52.6. The molecule has 1 aliphatic rings. The topological polar surface area (TPSA) is 81.0 Å². The lowest BCUT2D eigenvalue weighted by molar-refractivity contribution is -0.138. The van der Waals surface area contributed by atoms with E-state index in [0.29, 0.717) is 12.1 Å². The SMILES string of the molecule is O=C(O)C1=C(O)N(Cc2cccc(F)c2)c2cc(C(F)(F)F)ccc2C1O. The van der Waals surface area contributed by atoms with Crippen LogP contribution < -0.4 is 4.90 Å². The quantitative estimate of drug-likeness (QED) is 0.704. The molecule has 2 aromatic rings. The van der Waals surface area contributed by atoms with E-state index in [1.54, 1.807) is 0 Å². The first-order valence-electron chi connectivity index (χ1n) is 7.67. The molecule has 0 fully saturated rings. The first kappa shape index (κ1) is 18.7. The maximum absolute atomic E-state index is 13.4. The summed E-state index contributed by atoms with van der Waals surface area (Å²) in [5.41, 5.74) is -1.87. The Labute approximate surface area is 150 Å². The van der Waals surface area contributed by atoms with Gasteiger partial charge < -0.3 is 20.2 Å². The molecule has 0 bridgehead atoms. The van der Waals surface area contributed by atoms with Gasteiger partial charge in [0.1, 0.15) is 17.5 Å². The Kier molecular flexibility index (Phi) is 4.56. The fourth-order valence-corrected chi connectivity index (χ4v) is 2.91. The number of carboxylic acids is 1. The van der Waals surface area contributed by atoms with Gasteiger partial charge in [0.25, 0.3) is 0 Å². The average molecular weight is 383 g/mol. The second kappa shape index (κ2) is 6.58. The summed E-state index contributed by atoms with van der Waals surface area (Å²) in [5.74, 6) is -3.14. The Hall–Kier alpha value is -3.07. The minimum atomic E-state index is -4.68. The van der Waals surface area contributed by atoms with E-state index in [0.717, 1.165) is 23.1 Å². The number of hydrogen-bond acceptors (Lipinski definition) is 4. The smallest absolute Gasteiger partial charge is 0.416 e. The summed E-state index contributed by atoms with van der Waals surface area (Å²) >= 11 is 0. The molecule has 2 aromatic carbocycles. The molecule has 0 saturated carbocycles. The Bertz CT molecular complexity index is 939. The van der Waals surface area contributed by atoms with Gasteiger partial charge in [0.2, 0.25) is 5.88 Å². The fraction of sp³-hybridized carbons (Fsp3) is 0.167. The van der Waals surface area contributed by atoms with Crippen molar-refractivity contribution in [3.05, 3.63) is 76.4 Å². The van der Waals surface area contributed by atoms with E-state index in [1.165, 1.54) is 12.1 Å². The predicted molar refractivity (Wildman–Crippen MR) is 86.3 cm³/mol. The van der Waals surface area contributed by atoms with Crippen molar-refractivity contribution in [2.24, 2.45) is 0 Å². The molecular formula is C18H13F4NO4. The van der Waals surface area contributed by atoms with Crippen molar-refractivity contribution < 1.29 is 37.7 Å². The molecule has 1 unspecified atom stereocenters. The van der Waals surface area contributed by atoms with Gasteiger partial charge in [-0.2, -0.15) is 13.2 Å². The third kappa shape index (κ3) is 3.45. The summed E-state index contributed by atoms with van der Waals surface area (Å²) in [6, 6.07) is 7.47. The molecule has 0 amide bonds. The average Bonchev–Trinajstić information content (AvgIpc) is 2.57. The van der Waals surface area contributed by atoms with Gasteiger partial charge in [-0.05, 0) is 29.8 Å². The third-order valence-electron chi connectivity index (χ3n) is 4.17. The van der Waals surface area contributed by atoms with Crippen LogP contribution in [0.5, 0.6) is 0 Å². The van der Waals surface area contributed by atoms with E-state index in [-0.39, 0.29) is 23.4 Å². The number of halogens is 4. The van der Waals surface area contributed by atoms with Crippen molar-refractivity contribution >= 4 is 11.7 Å². The molecule has 5 nitrogen and oxygen atoms in total. The number of aliphatic carboxylic acids is 1. The number of aliphatic hydroxyl groups is 2. The first-order chi connectivity index (χ1) is 12.6. The van der Waals surface area contributed by atoms with Gasteiger partial charge in [0.05, 0.1) is 17.8 Å². The molecule has 0 spiro atoms. The number of aliphatic hydroxyl groups excluding tert-OH is 2. The number of benzene rings is 2. The van der Waals surface area contributed by atoms with Crippen molar-refractivity contribution in [1.82, 2.24) is 0 Å². The highest BCUT2D eigenvalue weighted by Gasteiger charge is 2.38. The van der Waals surface area contributed by atoms with Gasteiger partial charge in [-0.3, -0.25) is 0 Å². The fourth-order valence-electron chi connectivity index (χ4n) is 2.91. The molecule has 27 heavy (non-hydrogen) atoms. The molecule has 142 valence electrons. The summed E-state index contributed by atoms with van der Waals surface area (Å²) in [4.78, 5) is 12.3. The Balaban J connectivity index is 2.17. The van der Waals surface area contributed by atoms with E-state index in [2.05, 4.69) is 0 Å². The number of hydrogen-bond donors (Lipinski definition) is 3. The first-order valence-corrected chi connectivity index (χ1v) is 7.67. The zero-order valence-corrected chi connectivity index (χ0v) is 13.5. The number of rotatable bonds is 3. The highest BCUT2D eigenvalue weighted by molar-refractivity contribution is 5.91. The van der Waals surface area contributed by atoms with Crippen molar-refractivity contribution in [1.29, 1.82) is 0 Å². The van der Waals surface area contributed by atoms with Crippen molar-refractivity contribution in [2.45, 2.75) is 18.8 Å². The molecule has 0 aromatic heterocycles. The van der Waals surface area contributed by atoms with Crippen LogP contribution in [0.3, 0.4) is 0 Å². The monoisotopic (exact) mass is 383 g/mol. The maximum atomic E-state index is 13.4. The van der Waals surface area contributed by atoms with Gasteiger partial charge >= 0.3 is 12.1 Å². The van der Waals surface area contributed by atoms with Crippen LogP contribution in [0.4, 0.5) is 23.2 Å². The molecule has 0 radical (unpaired) electrons. The second-order valence-corrected chi connectivity index (χ2v) is 5.93. The molecule has 1 heterocycles. The minimum absolute atomic E-state index is 0.116. The van der Waals surface area contributed by atoms with Crippen molar-refractivity contribution in [3.8, 4) is 0 Å². The van der Waals surface area contributed by atoms with E-state index in [9.17, 15) is 37.7 Å². The molecule has 1 atom stereocenters. The van der Waals surface area contributed by atoms with E-state index < -0.39 is 41.1 Å². The van der Waals surface area contributed by atoms with Crippen molar-refractivity contribution in [3.63, 3.8) is 0 Å². The summed E-state index contributed by atoms with van der Waals surface area (Å²) in [7, 11) is 0. The Morgan fingerprint density at radius 2 is 1.85 bits per heavy atom. The normalized spacial score (nSPS) is 17.1. The lowest BCUT2D eigenvalue weighted by Crippen LogP contribution is -2.33. The molecular weight excluding hydrogens is 370 g/mol. The maximum Gasteiger partial charge on any atom is 0.416 e. The zero-order chi connectivity index (χ0) is 19.9. The summed E-state index contributed by atoms with van der Waals surface area (Å²) in [5, 5.41) is 29.8. The van der Waals surface area contributed by atoms with Crippen LogP contribution >= 0.6 is 0 Å². The van der Waals surface area contributed by atoms with E-state index in [1.807, 2.05) is 0 Å². The number of fused-ring (bicyclic) bond motifs is 1. The lowest BCUT2D eigenvalue weighted by atomic mass is 9.93. The van der Waals surface area contributed by atoms with Crippen LogP contribution in [0.25, 0.3) is 0 Å². The van der Waals surface area contributed by atoms with E-state index >= 15 is 0 Å². The molecule has 0 aliphatic carbocycles. The second-order valence-electron chi connectivity index (χ2n) is 5.93. The van der Waals surface area contributed by atoms with Crippen molar-refractivity contribution in [2.75, 3.05) is 4.90 Å². The summed E-state index contributed by atoms with van der Waals surface area (Å²) in [6.45, 7) is -0.304. The molecule has 3 N–H and O–H groups in total. The van der Waals surface area contributed by atoms with Crippen LogP contribution in [0.2, 0.25) is 0 Å². The van der Waals surface area contributed by atoms with Gasteiger partial charge in [-0.1, -0.05) is 18.2 Å². The standard InChI is InChI=1S/C18H13F4NO4/c19-11-3-1-2-9(6-11)8-23-13-7-10(18(20,21)22)4-5-12(13)15(24)14(16(23)25)17(26)27/h1-7,15,24-25H,8H2,(H,26,27). The number of carboxylic acid groups (broad SMARTS) is 1. The van der Waals surface area contributed by atoms with Crippen LogP contribution in [0, 0.1) is 5.82 Å². The number of alkyl halides is 3. The van der Waals surface area contributed by atoms with Crippen LogP contribution in [0.1, 0.15) is 22.8 Å². The molecule has 3 rings (SSSR count). The molecule has 1 aliphatic heterocycles. The van der Waals surface area contributed by atoms with Crippen LogP contribution in [-0.4, -0.2) is 21.3 Å². The Morgan fingerprint density at radius 3 is 2.44 bits per heavy atom. The Morgan fingerprint density at radius 1 is 1.15 bits per heavy atom. The minimum Gasteiger partial charge on any atom is -0.494 e. The largest absolute Gasteiger partial charge is 0.494 e. The number of anilines is 1. The van der Waals surface area contributed by atoms with Gasteiger partial charge in [0.15, 0.2) is 0 Å². The molecule has 0 saturated heterocycles. The number of carbonyl (C=O) groups is 1. The zero-order valence-electron chi connectivity index (χ0n) is 13.5. The highest BCUT2D eigenvalue weighted by atomic mass is 19.4. The van der Waals surface area contributed by atoms with Gasteiger partial charge in [0, 0.05) is 5.56 Å². The van der Waals surface area contributed by atoms with Crippen LogP contribution in [-0.2, 0) is 17.5 Å². The highest BCUT2D eigenvalue weighted by Crippen LogP contribution is 2.43. The van der Waals surface area contributed by atoms with Crippen LogP contribution in [0.15, 0.2) is 53.9 Å². The summed E-state index contributed by atoms with van der Waals surface area (Å²) in [6.07, 6.45) is -6.50. The van der Waals surface area contributed by atoms with Gasteiger partial charge in [-0.15, -0.1) is 0 Å². The predicted octanol–water partition coefficient (Wildman–Crippen LogP) is 3.75.